The first-order chi connectivity index (χ1) is 9.62. The minimum absolute atomic E-state index is 0.0634. The second-order valence-corrected chi connectivity index (χ2v) is 5.71. The number of anilines is 1. The van der Waals surface area contributed by atoms with Gasteiger partial charge in [0.1, 0.15) is 0 Å². The number of benzene rings is 1. The minimum atomic E-state index is -0.410. The maximum Gasteiger partial charge on any atom is 0.271 e. The Morgan fingerprint density at radius 3 is 2.95 bits per heavy atom. The largest absolute Gasteiger partial charge is 0.355 e. The molecule has 106 valence electrons. The van der Waals surface area contributed by atoms with Gasteiger partial charge in [-0.25, -0.2) is 4.98 Å². The Hall–Kier alpha value is -1.82. The molecule has 0 amide bonds. The molecule has 1 saturated carbocycles. The molecule has 1 aromatic carbocycles. The van der Waals surface area contributed by atoms with Crippen molar-refractivity contribution in [3.8, 4) is 0 Å². The van der Waals surface area contributed by atoms with Crippen molar-refractivity contribution >= 4 is 34.3 Å². The zero-order valence-corrected chi connectivity index (χ0v) is 11.6. The van der Waals surface area contributed by atoms with Crippen LogP contribution in [0.4, 0.5) is 11.6 Å². The van der Waals surface area contributed by atoms with Crippen LogP contribution in [-0.2, 0) is 0 Å². The first kappa shape index (κ1) is 13.2. The third kappa shape index (κ3) is 2.56. The third-order valence-electron chi connectivity index (χ3n) is 3.89. The summed E-state index contributed by atoms with van der Waals surface area (Å²) in [5.41, 5.74) is 1.77. The summed E-state index contributed by atoms with van der Waals surface area (Å²) in [6.45, 7) is 0.835. The predicted molar refractivity (Wildman–Crippen MR) is 78.2 cm³/mol. The van der Waals surface area contributed by atoms with E-state index >= 15 is 0 Å². The zero-order chi connectivity index (χ0) is 14.2. The number of aromatic amines is 1. The first-order valence-corrected chi connectivity index (χ1v) is 7.09. The number of non-ortho nitro benzene ring substituents is 1. The van der Waals surface area contributed by atoms with Crippen LogP contribution in [-0.4, -0.2) is 27.3 Å². The van der Waals surface area contributed by atoms with E-state index in [1.54, 1.807) is 6.07 Å². The Labute approximate surface area is 120 Å². The molecule has 7 heteroatoms. The summed E-state index contributed by atoms with van der Waals surface area (Å²) in [5, 5.41) is 14.0. The quantitative estimate of drug-likeness (QED) is 0.486. The molecule has 0 spiro atoms. The molecule has 0 bridgehead atoms. The SMILES string of the molecule is O=[N+]([O-])c1ccc2nc(NCC3(CCCl)CC3)[nH]c2c1. The second-order valence-electron chi connectivity index (χ2n) is 5.34. The maximum absolute atomic E-state index is 10.7. The van der Waals surface area contributed by atoms with Crippen molar-refractivity contribution in [1.82, 2.24) is 9.97 Å². The lowest BCUT2D eigenvalue weighted by molar-refractivity contribution is -0.384. The van der Waals surface area contributed by atoms with Gasteiger partial charge in [-0.2, -0.15) is 0 Å². The Balaban J connectivity index is 1.74. The summed E-state index contributed by atoms with van der Waals surface area (Å²) in [5.74, 6) is 1.33. The highest BCUT2D eigenvalue weighted by atomic mass is 35.5. The van der Waals surface area contributed by atoms with E-state index in [1.165, 1.54) is 25.0 Å². The van der Waals surface area contributed by atoms with Gasteiger partial charge >= 0.3 is 0 Å². The molecule has 1 fully saturated rings. The molecule has 0 aliphatic heterocycles. The summed E-state index contributed by atoms with van der Waals surface area (Å²) >= 11 is 5.80. The third-order valence-corrected chi connectivity index (χ3v) is 4.08. The molecule has 2 N–H and O–H groups in total. The number of nitrogens with one attached hydrogen (secondary N) is 2. The molecule has 1 heterocycles. The number of halogens is 1. The first-order valence-electron chi connectivity index (χ1n) is 6.56. The molecule has 2 aromatic rings. The molecule has 1 aromatic heterocycles. The van der Waals surface area contributed by atoms with E-state index in [0.29, 0.717) is 22.8 Å². The van der Waals surface area contributed by atoms with Crippen molar-refractivity contribution in [3.63, 3.8) is 0 Å². The van der Waals surface area contributed by atoms with Crippen molar-refractivity contribution in [2.45, 2.75) is 19.3 Å². The molecular weight excluding hydrogens is 280 g/mol. The highest BCUT2D eigenvalue weighted by Gasteiger charge is 2.41. The number of nitro groups is 1. The van der Waals surface area contributed by atoms with Crippen molar-refractivity contribution in [2.75, 3.05) is 17.7 Å². The van der Waals surface area contributed by atoms with Gasteiger partial charge in [0, 0.05) is 24.6 Å². The number of alkyl halides is 1. The fraction of sp³-hybridized carbons (Fsp3) is 0.462. The van der Waals surface area contributed by atoms with Crippen LogP contribution in [0.15, 0.2) is 18.2 Å². The molecule has 20 heavy (non-hydrogen) atoms. The summed E-state index contributed by atoms with van der Waals surface area (Å²) in [6, 6.07) is 4.61. The van der Waals surface area contributed by atoms with E-state index < -0.39 is 4.92 Å². The molecule has 6 nitrogen and oxygen atoms in total. The van der Waals surface area contributed by atoms with Crippen LogP contribution in [0.1, 0.15) is 19.3 Å². The number of hydrogen-bond acceptors (Lipinski definition) is 4. The van der Waals surface area contributed by atoms with Crippen molar-refractivity contribution in [3.05, 3.63) is 28.3 Å². The van der Waals surface area contributed by atoms with Crippen LogP contribution in [0.3, 0.4) is 0 Å². The monoisotopic (exact) mass is 294 g/mol. The fourth-order valence-corrected chi connectivity index (χ4v) is 2.76. The molecule has 0 saturated heterocycles. The van der Waals surface area contributed by atoms with E-state index in [1.807, 2.05) is 0 Å². The lowest BCUT2D eigenvalue weighted by Gasteiger charge is -2.13. The van der Waals surface area contributed by atoms with Gasteiger partial charge in [0.25, 0.3) is 5.69 Å². The van der Waals surface area contributed by atoms with Crippen molar-refractivity contribution in [1.29, 1.82) is 0 Å². The molecule has 3 rings (SSSR count). The molecule has 0 radical (unpaired) electrons. The Bertz CT molecular complexity index is 651. The fourth-order valence-electron chi connectivity index (χ4n) is 2.36. The van der Waals surface area contributed by atoms with Crippen LogP contribution >= 0.6 is 11.6 Å². The number of imidazole rings is 1. The second kappa shape index (κ2) is 4.94. The van der Waals surface area contributed by atoms with E-state index in [-0.39, 0.29) is 5.69 Å². The average molecular weight is 295 g/mol. The lowest BCUT2D eigenvalue weighted by Crippen LogP contribution is -2.16. The maximum atomic E-state index is 10.7. The molecule has 0 atom stereocenters. The summed E-state index contributed by atoms with van der Waals surface area (Å²) in [4.78, 5) is 17.8. The topological polar surface area (TPSA) is 83.8 Å². The van der Waals surface area contributed by atoms with Crippen LogP contribution in [0.2, 0.25) is 0 Å². The van der Waals surface area contributed by atoms with Crippen LogP contribution in [0.25, 0.3) is 11.0 Å². The number of fused-ring (bicyclic) bond motifs is 1. The Morgan fingerprint density at radius 1 is 1.50 bits per heavy atom. The van der Waals surface area contributed by atoms with Gasteiger partial charge < -0.3 is 10.3 Å². The molecule has 1 aliphatic carbocycles. The van der Waals surface area contributed by atoms with Gasteiger partial charge in [-0.15, -0.1) is 11.6 Å². The highest BCUT2D eigenvalue weighted by molar-refractivity contribution is 6.17. The Morgan fingerprint density at radius 2 is 2.30 bits per heavy atom. The predicted octanol–water partition coefficient (Wildman–Crippen LogP) is 3.29. The summed E-state index contributed by atoms with van der Waals surface area (Å²) in [7, 11) is 0. The van der Waals surface area contributed by atoms with E-state index in [2.05, 4.69) is 15.3 Å². The number of nitro benzene ring substituents is 1. The zero-order valence-electron chi connectivity index (χ0n) is 10.9. The summed E-state index contributed by atoms with van der Waals surface area (Å²) in [6.07, 6.45) is 3.39. The van der Waals surface area contributed by atoms with E-state index in [0.717, 1.165) is 18.5 Å². The van der Waals surface area contributed by atoms with Crippen LogP contribution < -0.4 is 5.32 Å². The van der Waals surface area contributed by atoms with Crippen LogP contribution in [0, 0.1) is 15.5 Å². The van der Waals surface area contributed by atoms with Crippen molar-refractivity contribution < 1.29 is 4.92 Å². The number of rotatable bonds is 6. The number of nitrogens with zero attached hydrogens (tertiary/aromatic N) is 2. The van der Waals surface area contributed by atoms with Gasteiger partial charge in [0.2, 0.25) is 5.95 Å². The highest BCUT2D eigenvalue weighted by Crippen LogP contribution is 2.48. The van der Waals surface area contributed by atoms with Gasteiger partial charge in [0.15, 0.2) is 0 Å². The lowest BCUT2D eigenvalue weighted by atomic mass is 10.0. The normalized spacial score (nSPS) is 16.2. The molecule has 1 aliphatic rings. The Kier molecular flexibility index (Phi) is 3.25. The van der Waals surface area contributed by atoms with E-state index in [9.17, 15) is 10.1 Å². The van der Waals surface area contributed by atoms with Gasteiger partial charge in [-0.05, 0) is 30.7 Å². The number of H-pyrrole nitrogens is 1. The van der Waals surface area contributed by atoms with Gasteiger partial charge in [-0.1, -0.05) is 0 Å². The number of aromatic nitrogens is 2. The molecular formula is C13H15ClN4O2. The smallest absolute Gasteiger partial charge is 0.271 e. The summed E-state index contributed by atoms with van der Waals surface area (Å²) < 4.78 is 0. The average Bonchev–Trinajstić information content (AvgIpc) is 3.06. The van der Waals surface area contributed by atoms with Crippen molar-refractivity contribution in [2.24, 2.45) is 5.41 Å². The number of hydrogen-bond donors (Lipinski definition) is 2. The molecule has 0 unspecified atom stereocenters. The van der Waals surface area contributed by atoms with Crippen LogP contribution in [0.5, 0.6) is 0 Å². The minimum Gasteiger partial charge on any atom is -0.355 e. The van der Waals surface area contributed by atoms with Gasteiger partial charge in [0.05, 0.1) is 16.0 Å². The van der Waals surface area contributed by atoms with E-state index in [4.69, 9.17) is 11.6 Å². The van der Waals surface area contributed by atoms with Gasteiger partial charge in [-0.3, -0.25) is 10.1 Å². The standard InChI is InChI=1S/C13H15ClN4O2/c14-6-5-13(3-4-13)8-15-12-16-10-2-1-9(18(19)20)7-11(10)17-12/h1-2,7H,3-6,8H2,(H2,15,16,17).